The molecule has 6 heteroatoms. The van der Waals surface area contributed by atoms with E-state index in [0.29, 0.717) is 18.0 Å². The lowest BCUT2D eigenvalue weighted by atomic mass is 9.97. The van der Waals surface area contributed by atoms with Crippen LogP contribution in [0.3, 0.4) is 0 Å². The van der Waals surface area contributed by atoms with Crippen LogP contribution < -0.4 is 15.4 Å². The molecule has 2 heterocycles. The summed E-state index contributed by atoms with van der Waals surface area (Å²) in [7, 11) is 1.55. The highest BCUT2D eigenvalue weighted by Crippen LogP contribution is 2.26. The van der Waals surface area contributed by atoms with Gasteiger partial charge in [-0.15, -0.1) is 0 Å². The molecule has 1 aromatic heterocycles. The van der Waals surface area contributed by atoms with E-state index in [1.165, 1.54) is 0 Å². The minimum absolute atomic E-state index is 0.0485. The summed E-state index contributed by atoms with van der Waals surface area (Å²) in [6.45, 7) is 1.94. The van der Waals surface area contributed by atoms with Crippen molar-refractivity contribution in [3.63, 3.8) is 0 Å². The monoisotopic (exact) mass is 339 g/mol. The number of nitrogens with zero attached hydrogens (tertiary/aromatic N) is 1. The minimum Gasteiger partial charge on any atom is -0.481 e. The van der Waals surface area contributed by atoms with Crippen LogP contribution in [0.4, 0.5) is 5.69 Å². The number of carbonyl (C=O) groups excluding carboxylic acids is 2. The third-order valence-corrected chi connectivity index (χ3v) is 4.23. The predicted octanol–water partition coefficient (Wildman–Crippen LogP) is 2.39. The Balaban J connectivity index is 1.64. The summed E-state index contributed by atoms with van der Waals surface area (Å²) >= 11 is 0. The van der Waals surface area contributed by atoms with E-state index >= 15 is 0 Å². The Hall–Kier alpha value is -2.89. The number of aromatic nitrogens is 1. The highest BCUT2D eigenvalue weighted by Gasteiger charge is 2.17. The summed E-state index contributed by atoms with van der Waals surface area (Å²) in [6, 6.07) is 11.1. The van der Waals surface area contributed by atoms with Gasteiger partial charge in [-0.25, -0.2) is 4.98 Å². The molecule has 2 amide bonds. The maximum Gasteiger partial charge on any atom is 0.226 e. The molecule has 1 unspecified atom stereocenters. The van der Waals surface area contributed by atoms with Gasteiger partial charge in [0.15, 0.2) is 0 Å². The molecule has 2 N–H and O–H groups in total. The number of pyridine rings is 1. The number of hydrogen-bond acceptors (Lipinski definition) is 4. The Morgan fingerprint density at radius 2 is 2.16 bits per heavy atom. The fourth-order valence-corrected chi connectivity index (χ4v) is 2.88. The van der Waals surface area contributed by atoms with Crippen molar-refractivity contribution in [2.24, 2.45) is 0 Å². The van der Waals surface area contributed by atoms with Crippen LogP contribution in [-0.2, 0) is 22.4 Å². The van der Waals surface area contributed by atoms with Gasteiger partial charge in [0, 0.05) is 18.2 Å². The lowest BCUT2D eigenvalue weighted by molar-refractivity contribution is -0.121. The van der Waals surface area contributed by atoms with Crippen molar-refractivity contribution in [3.8, 4) is 5.88 Å². The molecule has 3 rings (SSSR count). The van der Waals surface area contributed by atoms with Crippen LogP contribution in [0.2, 0.25) is 0 Å². The van der Waals surface area contributed by atoms with Crippen LogP contribution in [0, 0.1) is 0 Å². The normalized spacial score (nSPS) is 14.2. The number of amides is 2. The highest BCUT2D eigenvalue weighted by molar-refractivity contribution is 5.93. The van der Waals surface area contributed by atoms with E-state index in [-0.39, 0.29) is 24.3 Å². The summed E-state index contributed by atoms with van der Waals surface area (Å²) in [5.41, 5.74) is 3.64. The maximum atomic E-state index is 12.3. The van der Waals surface area contributed by atoms with Crippen molar-refractivity contribution in [1.29, 1.82) is 0 Å². The van der Waals surface area contributed by atoms with E-state index in [1.54, 1.807) is 19.2 Å². The summed E-state index contributed by atoms with van der Waals surface area (Å²) in [4.78, 5) is 28.0. The molecular weight excluding hydrogens is 318 g/mol. The molecule has 130 valence electrons. The maximum absolute atomic E-state index is 12.3. The third-order valence-electron chi connectivity index (χ3n) is 4.23. The van der Waals surface area contributed by atoms with Gasteiger partial charge in [0.05, 0.1) is 25.3 Å². The lowest BCUT2D eigenvalue weighted by Crippen LogP contribution is -2.28. The largest absolute Gasteiger partial charge is 0.481 e. The molecule has 1 aliphatic heterocycles. The molecule has 6 nitrogen and oxygen atoms in total. The number of ether oxygens (including phenoxy) is 1. The van der Waals surface area contributed by atoms with Gasteiger partial charge in [-0.1, -0.05) is 18.2 Å². The number of fused-ring (bicyclic) bond motifs is 1. The predicted molar refractivity (Wildman–Crippen MR) is 94.4 cm³/mol. The average molecular weight is 339 g/mol. The van der Waals surface area contributed by atoms with Crippen LogP contribution in [0.25, 0.3) is 0 Å². The Labute approximate surface area is 146 Å². The van der Waals surface area contributed by atoms with Gasteiger partial charge in [0.25, 0.3) is 0 Å². The second-order valence-electron chi connectivity index (χ2n) is 6.10. The second kappa shape index (κ2) is 7.34. The Morgan fingerprint density at radius 1 is 1.32 bits per heavy atom. The topological polar surface area (TPSA) is 80.3 Å². The molecule has 0 spiro atoms. The van der Waals surface area contributed by atoms with E-state index in [4.69, 9.17) is 4.74 Å². The van der Waals surface area contributed by atoms with Crippen LogP contribution in [-0.4, -0.2) is 23.9 Å². The van der Waals surface area contributed by atoms with Gasteiger partial charge in [-0.05, 0) is 36.6 Å². The minimum atomic E-state index is -0.124. The molecule has 1 atom stereocenters. The Morgan fingerprint density at radius 3 is 2.96 bits per heavy atom. The van der Waals surface area contributed by atoms with E-state index in [9.17, 15) is 9.59 Å². The zero-order valence-corrected chi connectivity index (χ0v) is 14.3. The summed E-state index contributed by atoms with van der Waals surface area (Å²) in [6.07, 6.45) is 1.42. The molecule has 0 aliphatic carbocycles. The number of nitrogens with one attached hydrogen (secondary N) is 2. The van der Waals surface area contributed by atoms with Gasteiger partial charge in [0.2, 0.25) is 17.7 Å². The number of benzene rings is 1. The first kappa shape index (κ1) is 17.0. The number of methoxy groups -OCH3 is 1. The zero-order chi connectivity index (χ0) is 17.8. The smallest absolute Gasteiger partial charge is 0.226 e. The Bertz CT molecular complexity index is 804. The van der Waals surface area contributed by atoms with Gasteiger partial charge < -0.3 is 15.4 Å². The molecular formula is C19H21N3O3. The molecule has 0 fully saturated rings. The summed E-state index contributed by atoms with van der Waals surface area (Å²) < 4.78 is 5.07. The first-order valence-corrected chi connectivity index (χ1v) is 8.27. The van der Waals surface area contributed by atoms with Crippen LogP contribution >= 0.6 is 0 Å². The molecule has 25 heavy (non-hydrogen) atoms. The van der Waals surface area contributed by atoms with E-state index in [0.717, 1.165) is 23.2 Å². The SMILES string of the molecule is COc1cccc(CC(=O)NC(C)c2ccc3c(c2)CCC(=O)N3)n1. The number of aryl methyl sites for hydroxylation is 1. The van der Waals surface area contributed by atoms with E-state index < -0.39 is 0 Å². The summed E-state index contributed by atoms with van der Waals surface area (Å²) in [5.74, 6) is 0.446. The number of anilines is 1. The molecule has 2 aromatic rings. The van der Waals surface area contributed by atoms with Crippen molar-refractivity contribution >= 4 is 17.5 Å². The van der Waals surface area contributed by atoms with Crippen molar-refractivity contribution in [1.82, 2.24) is 10.3 Å². The standard InChI is InChI=1S/C19H21N3O3/c1-12(13-6-8-16-14(10-13)7-9-17(23)22-16)20-18(24)11-15-4-3-5-19(21-15)25-2/h3-6,8,10,12H,7,9,11H2,1-2H3,(H,20,24)(H,22,23). The molecule has 1 aromatic carbocycles. The van der Waals surface area contributed by atoms with Gasteiger partial charge in [0.1, 0.15) is 0 Å². The fourth-order valence-electron chi connectivity index (χ4n) is 2.88. The van der Waals surface area contributed by atoms with Crippen molar-refractivity contribution in [2.75, 3.05) is 12.4 Å². The number of rotatable bonds is 5. The van der Waals surface area contributed by atoms with Crippen molar-refractivity contribution < 1.29 is 14.3 Å². The van der Waals surface area contributed by atoms with Gasteiger partial charge in [-0.2, -0.15) is 0 Å². The van der Waals surface area contributed by atoms with Crippen molar-refractivity contribution in [3.05, 3.63) is 53.2 Å². The second-order valence-corrected chi connectivity index (χ2v) is 6.10. The van der Waals surface area contributed by atoms with E-state index in [1.807, 2.05) is 31.2 Å². The number of carbonyl (C=O) groups is 2. The molecule has 0 radical (unpaired) electrons. The third kappa shape index (κ3) is 4.15. The quantitative estimate of drug-likeness (QED) is 0.876. The van der Waals surface area contributed by atoms with Gasteiger partial charge in [-0.3, -0.25) is 9.59 Å². The fraction of sp³-hybridized carbons (Fsp3) is 0.316. The molecule has 0 bridgehead atoms. The van der Waals surface area contributed by atoms with Crippen LogP contribution in [0.15, 0.2) is 36.4 Å². The average Bonchev–Trinajstić information content (AvgIpc) is 2.61. The van der Waals surface area contributed by atoms with E-state index in [2.05, 4.69) is 15.6 Å². The first-order chi connectivity index (χ1) is 12.0. The highest BCUT2D eigenvalue weighted by atomic mass is 16.5. The lowest BCUT2D eigenvalue weighted by Gasteiger charge is -2.20. The Kier molecular flexibility index (Phi) is 4.97. The number of hydrogen-bond donors (Lipinski definition) is 2. The molecule has 1 aliphatic rings. The van der Waals surface area contributed by atoms with Crippen LogP contribution in [0.5, 0.6) is 5.88 Å². The first-order valence-electron chi connectivity index (χ1n) is 8.27. The summed E-state index contributed by atoms with van der Waals surface area (Å²) in [5, 5.41) is 5.85. The van der Waals surface area contributed by atoms with Gasteiger partial charge >= 0.3 is 0 Å². The van der Waals surface area contributed by atoms with Crippen molar-refractivity contribution in [2.45, 2.75) is 32.2 Å². The zero-order valence-electron chi connectivity index (χ0n) is 14.3. The molecule has 0 saturated carbocycles. The molecule has 0 saturated heterocycles. The van der Waals surface area contributed by atoms with Crippen LogP contribution in [0.1, 0.15) is 36.2 Å².